The van der Waals surface area contributed by atoms with Gasteiger partial charge in [0.1, 0.15) is 11.6 Å². The largest absolute Gasteiger partial charge is 0.478 e. The van der Waals surface area contributed by atoms with E-state index in [4.69, 9.17) is 4.74 Å². The molecule has 0 aromatic carbocycles. The minimum absolute atomic E-state index is 0.627. The van der Waals surface area contributed by atoms with E-state index >= 15 is 0 Å². The van der Waals surface area contributed by atoms with Crippen molar-refractivity contribution in [1.29, 1.82) is 0 Å². The van der Waals surface area contributed by atoms with Crippen LogP contribution in [0.2, 0.25) is 0 Å². The number of aryl methyl sites for hydroxylation is 1. The van der Waals surface area contributed by atoms with E-state index in [0.717, 1.165) is 18.2 Å². The zero-order valence-corrected chi connectivity index (χ0v) is 11.3. The molecule has 0 saturated carbocycles. The molecule has 0 radical (unpaired) electrons. The lowest BCUT2D eigenvalue weighted by Crippen LogP contribution is -2.14. The van der Waals surface area contributed by atoms with Gasteiger partial charge in [-0.15, -0.1) is 0 Å². The first kappa shape index (κ1) is 13.7. The van der Waals surface area contributed by atoms with Gasteiger partial charge in [0.25, 0.3) is 0 Å². The summed E-state index contributed by atoms with van der Waals surface area (Å²) in [5.41, 5.74) is 0. The van der Waals surface area contributed by atoms with E-state index in [1.54, 1.807) is 0 Å². The van der Waals surface area contributed by atoms with E-state index in [9.17, 15) is 0 Å². The van der Waals surface area contributed by atoms with Crippen LogP contribution in [0.5, 0.6) is 5.88 Å². The molecule has 4 heteroatoms. The van der Waals surface area contributed by atoms with E-state index in [-0.39, 0.29) is 0 Å². The Bertz CT molecular complexity index is 337. The fourth-order valence-corrected chi connectivity index (χ4v) is 1.68. The highest BCUT2D eigenvalue weighted by Crippen LogP contribution is 2.15. The lowest BCUT2D eigenvalue weighted by atomic mass is 10.0. The number of ether oxygens (including phenoxy) is 1. The van der Waals surface area contributed by atoms with Crippen molar-refractivity contribution in [3.8, 4) is 5.88 Å². The fraction of sp³-hybridized carbons (Fsp3) is 0.692. The van der Waals surface area contributed by atoms with E-state index in [0.29, 0.717) is 18.4 Å². The smallest absolute Gasteiger partial charge is 0.218 e. The van der Waals surface area contributed by atoms with Gasteiger partial charge in [0.05, 0.1) is 6.61 Å². The molecule has 1 aromatic rings. The molecule has 1 N–H and O–H groups in total. The summed E-state index contributed by atoms with van der Waals surface area (Å²) in [7, 11) is 0. The van der Waals surface area contributed by atoms with Gasteiger partial charge >= 0.3 is 0 Å². The highest BCUT2D eigenvalue weighted by atomic mass is 16.5. The first-order chi connectivity index (χ1) is 8.19. The van der Waals surface area contributed by atoms with Crippen LogP contribution in [0.15, 0.2) is 6.07 Å². The van der Waals surface area contributed by atoms with Crippen molar-refractivity contribution in [2.24, 2.45) is 5.92 Å². The van der Waals surface area contributed by atoms with Gasteiger partial charge in [-0.3, -0.25) is 0 Å². The molecule has 1 heterocycles. The van der Waals surface area contributed by atoms with Gasteiger partial charge in [-0.25, -0.2) is 4.98 Å². The van der Waals surface area contributed by atoms with Crippen LogP contribution >= 0.6 is 0 Å². The average molecular weight is 237 g/mol. The molecule has 96 valence electrons. The Morgan fingerprint density at radius 2 is 1.94 bits per heavy atom. The van der Waals surface area contributed by atoms with E-state index in [1.807, 2.05) is 19.9 Å². The van der Waals surface area contributed by atoms with Gasteiger partial charge in [-0.2, -0.15) is 4.98 Å². The van der Waals surface area contributed by atoms with Crippen molar-refractivity contribution in [1.82, 2.24) is 9.97 Å². The molecular formula is C13H23N3O. The molecule has 0 spiro atoms. The molecule has 17 heavy (non-hydrogen) atoms. The first-order valence-electron chi connectivity index (χ1n) is 6.41. The van der Waals surface area contributed by atoms with Gasteiger partial charge in [0.2, 0.25) is 5.88 Å². The van der Waals surface area contributed by atoms with Crippen LogP contribution in [0, 0.1) is 12.8 Å². The Morgan fingerprint density at radius 3 is 2.53 bits per heavy atom. The quantitative estimate of drug-likeness (QED) is 0.792. The predicted octanol–water partition coefficient (Wildman–Crippen LogP) is 3.03. The van der Waals surface area contributed by atoms with Crippen molar-refractivity contribution in [2.45, 2.75) is 40.5 Å². The number of nitrogens with zero attached hydrogens (tertiary/aromatic N) is 2. The van der Waals surface area contributed by atoms with Crippen LogP contribution in [-0.4, -0.2) is 23.1 Å². The first-order valence-corrected chi connectivity index (χ1v) is 6.41. The number of anilines is 1. The SMILES string of the molecule is CCOc1cc(NCC(CC)CC)nc(C)n1. The summed E-state index contributed by atoms with van der Waals surface area (Å²) in [6, 6.07) is 1.86. The van der Waals surface area contributed by atoms with Crippen LogP contribution in [0.25, 0.3) is 0 Å². The molecule has 0 atom stereocenters. The number of hydrogen-bond donors (Lipinski definition) is 1. The van der Waals surface area contributed by atoms with Gasteiger partial charge in [0, 0.05) is 12.6 Å². The zero-order chi connectivity index (χ0) is 12.7. The summed E-state index contributed by atoms with van der Waals surface area (Å²) in [6.45, 7) is 9.84. The average Bonchev–Trinajstić information content (AvgIpc) is 2.30. The zero-order valence-electron chi connectivity index (χ0n) is 11.3. The Kier molecular flexibility index (Phi) is 5.73. The lowest BCUT2D eigenvalue weighted by Gasteiger charge is -2.14. The molecule has 0 aliphatic rings. The minimum atomic E-state index is 0.627. The lowest BCUT2D eigenvalue weighted by molar-refractivity contribution is 0.325. The predicted molar refractivity (Wildman–Crippen MR) is 70.5 cm³/mol. The number of nitrogens with one attached hydrogen (secondary N) is 1. The molecule has 0 aliphatic carbocycles. The van der Waals surface area contributed by atoms with Crippen molar-refractivity contribution in [3.05, 3.63) is 11.9 Å². The Labute approximate surface area is 104 Å². The van der Waals surface area contributed by atoms with Crippen molar-refractivity contribution in [3.63, 3.8) is 0 Å². The summed E-state index contributed by atoms with van der Waals surface area (Å²) < 4.78 is 5.40. The third-order valence-corrected chi connectivity index (χ3v) is 2.83. The Hall–Kier alpha value is -1.32. The molecule has 0 bridgehead atoms. The third kappa shape index (κ3) is 4.59. The topological polar surface area (TPSA) is 47.0 Å². The third-order valence-electron chi connectivity index (χ3n) is 2.83. The molecule has 4 nitrogen and oxygen atoms in total. The van der Waals surface area contributed by atoms with Crippen molar-refractivity contribution in [2.75, 3.05) is 18.5 Å². The Balaban J connectivity index is 2.63. The highest BCUT2D eigenvalue weighted by Gasteiger charge is 2.06. The second kappa shape index (κ2) is 7.09. The van der Waals surface area contributed by atoms with Crippen molar-refractivity contribution >= 4 is 5.82 Å². The standard InChI is InChI=1S/C13H23N3O/c1-5-11(6-2)9-14-12-8-13(17-7-3)16-10(4)15-12/h8,11H,5-7,9H2,1-4H3,(H,14,15,16). The second-order valence-corrected chi connectivity index (χ2v) is 4.14. The van der Waals surface area contributed by atoms with E-state index in [1.165, 1.54) is 12.8 Å². The number of aromatic nitrogens is 2. The van der Waals surface area contributed by atoms with Gasteiger partial charge in [-0.1, -0.05) is 26.7 Å². The van der Waals surface area contributed by atoms with E-state index < -0.39 is 0 Å². The van der Waals surface area contributed by atoms with Gasteiger partial charge in [-0.05, 0) is 19.8 Å². The molecule has 0 unspecified atom stereocenters. The molecule has 0 aliphatic heterocycles. The maximum Gasteiger partial charge on any atom is 0.218 e. The molecule has 1 rings (SSSR count). The molecule has 0 fully saturated rings. The second-order valence-electron chi connectivity index (χ2n) is 4.14. The molecule has 0 amide bonds. The Morgan fingerprint density at radius 1 is 1.24 bits per heavy atom. The van der Waals surface area contributed by atoms with Gasteiger partial charge < -0.3 is 10.1 Å². The van der Waals surface area contributed by atoms with Gasteiger partial charge in [0.15, 0.2) is 0 Å². The maximum absolute atomic E-state index is 5.40. The number of rotatable bonds is 7. The summed E-state index contributed by atoms with van der Waals surface area (Å²) in [5.74, 6) is 2.93. The van der Waals surface area contributed by atoms with Crippen LogP contribution in [-0.2, 0) is 0 Å². The van der Waals surface area contributed by atoms with Crippen molar-refractivity contribution < 1.29 is 4.74 Å². The summed E-state index contributed by atoms with van der Waals surface area (Å²) in [6.07, 6.45) is 2.37. The summed E-state index contributed by atoms with van der Waals surface area (Å²) in [5, 5.41) is 3.36. The normalized spacial score (nSPS) is 10.6. The fourth-order valence-electron chi connectivity index (χ4n) is 1.68. The van der Waals surface area contributed by atoms with Crippen LogP contribution in [0.1, 0.15) is 39.4 Å². The van der Waals surface area contributed by atoms with Crippen LogP contribution in [0.4, 0.5) is 5.82 Å². The van der Waals surface area contributed by atoms with Crippen LogP contribution in [0.3, 0.4) is 0 Å². The molecule has 0 saturated heterocycles. The van der Waals surface area contributed by atoms with E-state index in [2.05, 4.69) is 29.1 Å². The monoisotopic (exact) mass is 237 g/mol. The summed E-state index contributed by atoms with van der Waals surface area (Å²) >= 11 is 0. The maximum atomic E-state index is 5.40. The minimum Gasteiger partial charge on any atom is -0.478 e. The van der Waals surface area contributed by atoms with Crippen LogP contribution < -0.4 is 10.1 Å². The molecule has 1 aromatic heterocycles. The highest BCUT2D eigenvalue weighted by molar-refractivity contribution is 5.38. The summed E-state index contributed by atoms with van der Waals surface area (Å²) in [4.78, 5) is 8.57. The molecular weight excluding hydrogens is 214 g/mol. The number of hydrogen-bond acceptors (Lipinski definition) is 4.